The molecule has 0 unspecified atom stereocenters. The maximum Gasteiger partial charge on any atom is 0.301 e. The maximum absolute atomic E-state index is 13.0. The van der Waals surface area contributed by atoms with E-state index in [4.69, 9.17) is 9.47 Å². The number of aliphatic hydroxyl groups is 1. The van der Waals surface area contributed by atoms with Gasteiger partial charge >= 0.3 is 5.91 Å². The highest BCUT2D eigenvalue weighted by atomic mass is 16.5. The van der Waals surface area contributed by atoms with Crippen molar-refractivity contribution in [2.24, 2.45) is 0 Å². The topological polar surface area (TPSA) is 76.1 Å². The standard InChI is InChI=1S/C25H21NO5/c1-16(2)30-20-12-8-17(9-13-20)22-23(27)25(29)26(24(22)28)18-10-14-21(15-11-18)31-19-6-4-3-5-7-19/h3-16,27H,1-2H3. The van der Waals surface area contributed by atoms with E-state index in [1.54, 1.807) is 48.5 Å². The fraction of sp³-hybridized carbons (Fsp3) is 0.120. The Kier molecular flexibility index (Phi) is 5.45. The van der Waals surface area contributed by atoms with Gasteiger partial charge in [0.05, 0.1) is 17.4 Å². The number of carbonyl (C=O) groups is 2. The zero-order valence-corrected chi connectivity index (χ0v) is 17.1. The average Bonchev–Trinajstić information content (AvgIpc) is 2.98. The predicted molar refractivity (Wildman–Crippen MR) is 117 cm³/mol. The summed E-state index contributed by atoms with van der Waals surface area (Å²) in [6.45, 7) is 3.82. The van der Waals surface area contributed by atoms with E-state index in [1.807, 2.05) is 44.2 Å². The molecule has 6 heteroatoms. The first kappa shape index (κ1) is 20.2. The highest BCUT2D eigenvalue weighted by Gasteiger charge is 2.40. The Hall–Kier alpha value is -4.06. The molecule has 31 heavy (non-hydrogen) atoms. The molecule has 6 nitrogen and oxygen atoms in total. The van der Waals surface area contributed by atoms with Crippen molar-refractivity contribution in [3.63, 3.8) is 0 Å². The fourth-order valence-corrected chi connectivity index (χ4v) is 3.27. The van der Waals surface area contributed by atoms with Crippen LogP contribution in [0.2, 0.25) is 0 Å². The lowest BCUT2D eigenvalue weighted by atomic mass is 10.1. The molecule has 3 aromatic carbocycles. The molecule has 0 radical (unpaired) electrons. The summed E-state index contributed by atoms with van der Waals surface area (Å²) in [4.78, 5) is 26.6. The Morgan fingerprint density at radius 3 is 1.94 bits per heavy atom. The number of anilines is 1. The molecule has 1 N–H and O–H groups in total. The van der Waals surface area contributed by atoms with E-state index in [1.165, 1.54) is 0 Å². The molecule has 0 aromatic heterocycles. The number of aliphatic hydroxyl groups excluding tert-OH is 1. The summed E-state index contributed by atoms with van der Waals surface area (Å²) in [5.41, 5.74) is 0.751. The summed E-state index contributed by atoms with van der Waals surface area (Å²) in [7, 11) is 0. The van der Waals surface area contributed by atoms with E-state index >= 15 is 0 Å². The molecule has 1 aliphatic rings. The summed E-state index contributed by atoms with van der Waals surface area (Å²) in [6, 6.07) is 22.5. The van der Waals surface area contributed by atoms with Gasteiger partial charge in [0.2, 0.25) is 0 Å². The third kappa shape index (κ3) is 4.14. The van der Waals surface area contributed by atoms with Gasteiger partial charge in [0.1, 0.15) is 17.2 Å². The van der Waals surface area contributed by atoms with Crippen LogP contribution in [0.25, 0.3) is 5.57 Å². The van der Waals surface area contributed by atoms with Gasteiger partial charge in [-0.3, -0.25) is 9.59 Å². The van der Waals surface area contributed by atoms with Crippen molar-refractivity contribution in [3.05, 3.63) is 90.2 Å². The molecule has 0 spiro atoms. The minimum Gasteiger partial charge on any atom is -0.502 e. The van der Waals surface area contributed by atoms with Gasteiger partial charge in [0, 0.05) is 0 Å². The smallest absolute Gasteiger partial charge is 0.301 e. The summed E-state index contributed by atoms with van der Waals surface area (Å²) in [5.74, 6) is -0.0492. The normalized spacial score (nSPS) is 13.8. The van der Waals surface area contributed by atoms with Crippen LogP contribution in [-0.2, 0) is 9.59 Å². The quantitative estimate of drug-likeness (QED) is 0.566. The van der Waals surface area contributed by atoms with Crippen LogP contribution in [0.5, 0.6) is 17.2 Å². The number of rotatable bonds is 6. The van der Waals surface area contributed by atoms with Crippen molar-refractivity contribution in [3.8, 4) is 17.2 Å². The first-order chi connectivity index (χ1) is 14.9. The van der Waals surface area contributed by atoms with Crippen LogP contribution >= 0.6 is 0 Å². The van der Waals surface area contributed by atoms with Crippen LogP contribution in [0, 0.1) is 0 Å². The summed E-state index contributed by atoms with van der Waals surface area (Å²) < 4.78 is 11.3. The molecule has 1 heterocycles. The Balaban J connectivity index is 1.55. The lowest BCUT2D eigenvalue weighted by Gasteiger charge is -2.15. The maximum atomic E-state index is 13.0. The number of nitrogens with zero attached hydrogens (tertiary/aromatic N) is 1. The van der Waals surface area contributed by atoms with E-state index in [-0.39, 0.29) is 11.7 Å². The van der Waals surface area contributed by atoms with Gasteiger partial charge in [-0.15, -0.1) is 0 Å². The van der Waals surface area contributed by atoms with Crippen LogP contribution in [0.15, 0.2) is 84.6 Å². The summed E-state index contributed by atoms with van der Waals surface area (Å²) in [6.07, 6.45) is 0.0116. The van der Waals surface area contributed by atoms with Crippen molar-refractivity contribution < 1.29 is 24.2 Å². The zero-order chi connectivity index (χ0) is 22.0. The number of imide groups is 1. The number of carbonyl (C=O) groups excluding carboxylic acids is 2. The number of amides is 2. The molecule has 0 saturated heterocycles. The molecular formula is C25H21NO5. The highest BCUT2D eigenvalue weighted by molar-refractivity contribution is 6.44. The molecule has 156 valence electrons. The van der Waals surface area contributed by atoms with E-state index in [2.05, 4.69) is 0 Å². The van der Waals surface area contributed by atoms with Gasteiger partial charge < -0.3 is 14.6 Å². The molecule has 0 fully saturated rings. The lowest BCUT2D eigenvalue weighted by Crippen LogP contribution is -2.31. The van der Waals surface area contributed by atoms with Crippen molar-refractivity contribution in [1.29, 1.82) is 0 Å². The largest absolute Gasteiger partial charge is 0.502 e. The van der Waals surface area contributed by atoms with Crippen molar-refractivity contribution >= 4 is 23.1 Å². The van der Waals surface area contributed by atoms with Gasteiger partial charge in [0.25, 0.3) is 5.91 Å². The first-order valence-electron chi connectivity index (χ1n) is 9.86. The monoisotopic (exact) mass is 415 g/mol. The van der Waals surface area contributed by atoms with Gasteiger partial charge in [0.15, 0.2) is 5.76 Å². The van der Waals surface area contributed by atoms with Crippen molar-refractivity contribution in [2.75, 3.05) is 4.90 Å². The first-order valence-corrected chi connectivity index (χ1v) is 9.86. The third-order valence-corrected chi connectivity index (χ3v) is 4.65. The van der Waals surface area contributed by atoms with Crippen LogP contribution in [-0.4, -0.2) is 23.0 Å². The molecule has 4 rings (SSSR count). The summed E-state index contributed by atoms with van der Waals surface area (Å²) >= 11 is 0. The van der Waals surface area contributed by atoms with Crippen LogP contribution in [0.4, 0.5) is 5.69 Å². The fourth-order valence-electron chi connectivity index (χ4n) is 3.27. The Labute approximate surface area is 180 Å². The van der Waals surface area contributed by atoms with Crippen LogP contribution < -0.4 is 14.4 Å². The van der Waals surface area contributed by atoms with E-state index in [9.17, 15) is 14.7 Å². The predicted octanol–water partition coefficient (Wildman–Crippen LogP) is 5.11. The number of ether oxygens (including phenoxy) is 2. The highest BCUT2D eigenvalue weighted by Crippen LogP contribution is 2.33. The Morgan fingerprint density at radius 1 is 0.742 bits per heavy atom. The SMILES string of the molecule is CC(C)Oc1ccc(C2=C(O)C(=O)N(c3ccc(Oc4ccccc4)cc3)C2=O)cc1. The Morgan fingerprint density at radius 2 is 1.32 bits per heavy atom. The lowest BCUT2D eigenvalue weighted by molar-refractivity contribution is -0.121. The van der Waals surface area contributed by atoms with Gasteiger partial charge in [-0.2, -0.15) is 0 Å². The molecule has 0 saturated carbocycles. The van der Waals surface area contributed by atoms with E-state index in [0.29, 0.717) is 28.5 Å². The molecule has 1 aliphatic heterocycles. The second-order valence-corrected chi connectivity index (χ2v) is 7.27. The minimum atomic E-state index is -0.765. The molecule has 0 aliphatic carbocycles. The molecule has 3 aromatic rings. The van der Waals surface area contributed by atoms with Crippen molar-refractivity contribution in [1.82, 2.24) is 0 Å². The van der Waals surface area contributed by atoms with Crippen LogP contribution in [0.1, 0.15) is 19.4 Å². The van der Waals surface area contributed by atoms with Gasteiger partial charge in [-0.05, 0) is 67.9 Å². The molecule has 0 bridgehead atoms. The zero-order valence-electron chi connectivity index (χ0n) is 17.1. The van der Waals surface area contributed by atoms with E-state index < -0.39 is 17.6 Å². The molecular weight excluding hydrogens is 394 g/mol. The van der Waals surface area contributed by atoms with Crippen molar-refractivity contribution in [2.45, 2.75) is 20.0 Å². The minimum absolute atomic E-state index is 0.0116. The van der Waals surface area contributed by atoms with Gasteiger partial charge in [-0.25, -0.2) is 4.90 Å². The summed E-state index contributed by atoms with van der Waals surface area (Å²) in [5, 5.41) is 10.4. The number of para-hydroxylation sites is 1. The average molecular weight is 415 g/mol. The number of benzene rings is 3. The Bertz CT molecular complexity index is 1130. The molecule has 0 atom stereocenters. The third-order valence-electron chi connectivity index (χ3n) is 4.65. The van der Waals surface area contributed by atoms with Gasteiger partial charge in [-0.1, -0.05) is 30.3 Å². The second-order valence-electron chi connectivity index (χ2n) is 7.27. The molecule has 2 amide bonds. The number of hydrogen-bond donors (Lipinski definition) is 1. The number of hydrogen-bond acceptors (Lipinski definition) is 5. The van der Waals surface area contributed by atoms with Crippen LogP contribution in [0.3, 0.4) is 0 Å². The second kappa shape index (κ2) is 8.36. The van der Waals surface area contributed by atoms with E-state index in [0.717, 1.165) is 4.90 Å².